The molecular weight excluding hydrogens is 295 g/mol. The SMILES string of the molecule is Nc1nn(-c2cccc(C(F)(F)F)c2)c2ccccc2c1=O. The fraction of sp³-hybridized carbons (Fsp3) is 0.0667. The van der Waals surface area contributed by atoms with Crippen molar-refractivity contribution in [3.8, 4) is 5.69 Å². The van der Waals surface area contributed by atoms with E-state index in [0.29, 0.717) is 10.9 Å². The third-order valence-corrected chi connectivity index (χ3v) is 3.24. The summed E-state index contributed by atoms with van der Waals surface area (Å²) < 4.78 is 39.7. The van der Waals surface area contributed by atoms with Gasteiger partial charge in [0.15, 0.2) is 5.82 Å². The summed E-state index contributed by atoms with van der Waals surface area (Å²) in [6, 6.07) is 11.2. The van der Waals surface area contributed by atoms with Crippen LogP contribution in [0.4, 0.5) is 19.0 Å². The van der Waals surface area contributed by atoms with Gasteiger partial charge < -0.3 is 5.73 Å². The lowest BCUT2D eigenvalue weighted by Gasteiger charge is -2.13. The molecule has 0 bridgehead atoms. The number of halogens is 3. The zero-order chi connectivity index (χ0) is 15.9. The molecule has 0 atom stereocenters. The molecule has 0 radical (unpaired) electrons. The Morgan fingerprint density at radius 3 is 2.50 bits per heavy atom. The smallest absolute Gasteiger partial charge is 0.379 e. The molecule has 0 amide bonds. The number of para-hydroxylation sites is 1. The molecule has 1 aromatic heterocycles. The van der Waals surface area contributed by atoms with E-state index in [2.05, 4.69) is 5.10 Å². The normalized spacial score (nSPS) is 11.8. The monoisotopic (exact) mass is 305 g/mol. The predicted molar refractivity (Wildman–Crippen MR) is 76.8 cm³/mol. The van der Waals surface area contributed by atoms with E-state index in [1.54, 1.807) is 24.3 Å². The molecule has 0 saturated heterocycles. The van der Waals surface area contributed by atoms with Gasteiger partial charge in [0.1, 0.15) is 0 Å². The Bertz CT molecular complexity index is 916. The summed E-state index contributed by atoms with van der Waals surface area (Å²) in [4.78, 5) is 12.0. The second-order valence-corrected chi connectivity index (χ2v) is 4.69. The summed E-state index contributed by atoms with van der Waals surface area (Å²) in [7, 11) is 0. The molecule has 3 rings (SSSR count). The number of aromatic nitrogens is 2. The van der Waals surface area contributed by atoms with E-state index >= 15 is 0 Å². The second-order valence-electron chi connectivity index (χ2n) is 4.69. The first kappa shape index (κ1) is 14.1. The highest BCUT2D eigenvalue weighted by molar-refractivity contribution is 5.81. The van der Waals surface area contributed by atoms with Crippen LogP contribution in [0.3, 0.4) is 0 Å². The lowest BCUT2D eigenvalue weighted by atomic mass is 10.1. The van der Waals surface area contributed by atoms with Crippen molar-refractivity contribution in [2.24, 2.45) is 0 Å². The van der Waals surface area contributed by atoms with E-state index in [0.717, 1.165) is 12.1 Å². The van der Waals surface area contributed by atoms with Crippen molar-refractivity contribution < 1.29 is 13.2 Å². The molecular formula is C15H10F3N3O. The van der Waals surface area contributed by atoms with E-state index < -0.39 is 17.2 Å². The summed E-state index contributed by atoms with van der Waals surface area (Å²) in [5.74, 6) is -0.267. The van der Waals surface area contributed by atoms with Crippen molar-refractivity contribution in [2.45, 2.75) is 6.18 Å². The quantitative estimate of drug-likeness (QED) is 0.752. The molecule has 3 aromatic rings. The number of benzene rings is 2. The molecule has 7 heteroatoms. The van der Waals surface area contributed by atoms with Gasteiger partial charge in [0, 0.05) is 0 Å². The number of nitrogens with zero attached hydrogens (tertiary/aromatic N) is 2. The molecule has 0 unspecified atom stereocenters. The van der Waals surface area contributed by atoms with Gasteiger partial charge in [0.05, 0.1) is 22.2 Å². The van der Waals surface area contributed by atoms with Crippen LogP contribution in [0.2, 0.25) is 0 Å². The van der Waals surface area contributed by atoms with Crippen molar-refractivity contribution in [3.63, 3.8) is 0 Å². The zero-order valence-electron chi connectivity index (χ0n) is 11.1. The van der Waals surface area contributed by atoms with Gasteiger partial charge in [-0.1, -0.05) is 18.2 Å². The number of anilines is 1. The van der Waals surface area contributed by atoms with Crippen molar-refractivity contribution in [1.82, 2.24) is 9.78 Å². The topological polar surface area (TPSA) is 60.9 Å². The van der Waals surface area contributed by atoms with Gasteiger partial charge in [0.25, 0.3) is 0 Å². The van der Waals surface area contributed by atoms with Crippen LogP contribution in [0.25, 0.3) is 16.6 Å². The number of nitrogen functional groups attached to an aromatic ring is 1. The molecule has 0 saturated carbocycles. The largest absolute Gasteiger partial charge is 0.416 e. The van der Waals surface area contributed by atoms with Crippen LogP contribution in [0, 0.1) is 0 Å². The minimum Gasteiger partial charge on any atom is -0.379 e. The first-order valence-electron chi connectivity index (χ1n) is 6.33. The average molecular weight is 305 g/mol. The Kier molecular flexibility index (Phi) is 3.13. The lowest BCUT2D eigenvalue weighted by Crippen LogP contribution is -2.17. The van der Waals surface area contributed by atoms with E-state index in [9.17, 15) is 18.0 Å². The molecule has 22 heavy (non-hydrogen) atoms. The van der Waals surface area contributed by atoms with Gasteiger partial charge in [0.2, 0.25) is 5.43 Å². The van der Waals surface area contributed by atoms with Crippen LogP contribution in [-0.4, -0.2) is 9.78 Å². The molecule has 0 aliphatic heterocycles. The molecule has 0 aliphatic carbocycles. The van der Waals surface area contributed by atoms with Crippen LogP contribution < -0.4 is 11.2 Å². The molecule has 0 spiro atoms. The van der Waals surface area contributed by atoms with Crippen molar-refractivity contribution in [1.29, 1.82) is 0 Å². The Hall–Kier alpha value is -2.83. The zero-order valence-corrected chi connectivity index (χ0v) is 11.1. The maximum atomic E-state index is 12.8. The molecule has 1 heterocycles. The average Bonchev–Trinajstić information content (AvgIpc) is 2.50. The number of alkyl halides is 3. The highest BCUT2D eigenvalue weighted by atomic mass is 19.4. The molecule has 0 fully saturated rings. The minimum atomic E-state index is -4.46. The Morgan fingerprint density at radius 2 is 1.77 bits per heavy atom. The minimum absolute atomic E-state index is 0.178. The number of rotatable bonds is 1. The maximum absolute atomic E-state index is 12.8. The predicted octanol–water partition coefficient (Wildman–Crippen LogP) is 2.99. The highest BCUT2D eigenvalue weighted by Gasteiger charge is 2.30. The van der Waals surface area contributed by atoms with Gasteiger partial charge >= 0.3 is 6.18 Å². The number of nitrogens with two attached hydrogens (primary N) is 1. The molecule has 4 nitrogen and oxygen atoms in total. The first-order valence-corrected chi connectivity index (χ1v) is 6.33. The Labute approximate surface area is 122 Å². The van der Waals surface area contributed by atoms with Crippen LogP contribution in [0.1, 0.15) is 5.56 Å². The third kappa shape index (κ3) is 2.30. The van der Waals surface area contributed by atoms with Gasteiger partial charge in [-0.25, -0.2) is 4.68 Å². The van der Waals surface area contributed by atoms with Crippen LogP contribution in [0.15, 0.2) is 53.3 Å². The van der Waals surface area contributed by atoms with E-state index in [1.807, 2.05) is 0 Å². The third-order valence-electron chi connectivity index (χ3n) is 3.24. The summed E-state index contributed by atoms with van der Waals surface area (Å²) in [5.41, 5.74) is 4.91. The van der Waals surface area contributed by atoms with Crippen molar-refractivity contribution in [2.75, 3.05) is 5.73 Å². The Balaban J connectivity index is 2.32. The van der Waals surface area contributed by atoms with E-state index in [1.165, 1.54) is 16.8 Å². The van der Waals surface area contributed by atoms with E-state index in [4.69, 9.17) is 5.73 Å². The van der Waals surface area contributed by atoms with Crippen LogP contribution >= 0.6 is 0 Å². The highest BCUT2D eigenvalue weighted by Crippen LogP contribution is 2.30. The molecule has 112 valence electrons. The van der Waals surface area contributed by atoms with Crippen LogP contribution in [-0.2, 0) is 6.18 Å². The number of hydrogen-bond donors (Lipinski definition) is 1. The summed E-state index contributed by atoms with van der Waals surface area (Å²) in [6.45, 7) is 0. The van der Waals surface area contributed by atoms with Gasteiger partial charge in [-0.15, -0.1) is 5.10 Å². The standard InChI is InChI=1S/C15H10F3N3O/c16-15(17,18)9-4-3-5-10(8-9)21-12-7-2-1-6-11(12)13(22)14(19)20-21/h1-8H,(H2,19,20). The van der Waals surface area contributed by atoms with Gasteiger partial charge in [-0.05, 0) is 30.3 Å². The van der Waals surface area contributed by atoms with E-state index in [-0.39, 0.29) is 11.5 Å². The van der Waals surface area contributed by atoms with Crippen LogP contribution in [0.5, 0.6) is 0 Å². The summed E-state index contributed by atoms with van der Waals surface area (Å²) in [6.07, 6.45) is -4.46. The first-order chi connectivity index (χ1) is 10.4. The fourth-order valence-electron chi connectivity index (χ4n) is 2.21. The number of fused-ring (bicyclic) bond motifs is 1. The van der Waals surface area contributed by atoms with Gasteiger partial charge in [-0.2, -0.15) is 13.2 Å². The lowest BCUT2D eigenvalue weighted by molar-refractivity contribution is -0.137. The molecule has 0 aliphatic rings. The summed E-state index contributed by atoms with van der Waals surface area (Å²) in [5, 5.41) is 4.21. The van der Waals surface area contributed by atoms with Gasteiger partial charge in [-0.3, -0.25) is 4.79 Å². The molecule has 2 N–H and O–H groups in total. The number of hydrogen-bond acceptors (Lipinski definition) is 3. The summed E-state index contributed by atoms with van der Waals surface area (Å²) >= 11 is 0. The second kappa shape index (κ2) is 4.87. The molecule has 2 aromatic carbocycles. The maximum Gasteiger partial charge on any atom is 0.416 e. The fourth-order valence-corrected chi connectivity index (χ4v) is 2.21. The van der Waals surface area contributed by atoms with Crippen molar-refractivity contribution in [3.05, 3.63) is 64.3 Å². The van der Waals surface area contributed by atoms with Crippen molar-refractivity contribution >= 4 is 16.7 Å². The Morgan fingerprint density at radius 1 is 1.05 bits per heavy atom.